The number of halogens is 4. The van der Waals surface area contributed by atoms with E-state index in [0.717, 1.165) is 12.1 Å². The van der Waals surface area contributed by atoms with Crippen molar-refractivity contribution in [1.29, 1.82) is 0 Å². The molecule has 20 heavy (non-hydrogen) atoms. The van der Waals surface area contributed by atoms with Crippen LogP contribution in [0.15, 0.2) is 22.7 Å². The zero-order chi connectivity index (χ0) is 15.3. The third kappa shape index (κ3) is 4.40. The molecule has 0 bridgehead atoms. The average Bonchev–Trinajstić information content (AvgIpc) is 2.36. The van der Waals surface area contributed by atoms with Crippen LogP contribution in [-0.4, -0.2) is 24.0 Å². The fraction of sp³-hybridized carbons (Fsp3) is 0.462. The van der Waals surface area contributed by atoms with Gasteiger partial charge in [-0.05, 0) is 37.6 Å². The lowest BCUT2D eigenvalue weighted by Crippen LogP contribution is -2.39. The Morgan fingerprint density at radius 2 is 2.00 bits per heavy atom. The van der Waals surface area contributed by atoms with Crippen LogP contribution in [0.4, 0.5) is 18.0 Å². The summed E-state index contributed by atoms with van der Waals surface area (Å²) in [5.74, 6) is 0. The van der Waals surface area contributed by atoms with Gasteiger partial charge >= 0.3 is 12.2 Å². The number of benzene rings is 1. The van der Waals surface area contributed by atoms with Crippen LogP contribution < -0.4 is 5.32 Å². The molecule has 0 saturated heterocycles. The molecule has 0 aliphatic carbocycles. The second-order valence-corrected chi connectivity index (χ2v) is 5.01. The number of carbonyl (C=O) groups excluding carboxylic acids is 1. The SMILES string of the molecule is CCNC(=O)N(CC)Cc1cc(C(F)(F)F)ccc1Br. The van der Waals surface area contributed by atoms with Crippen LogP contribution in [0.25, 0.3) is 0 Å². The van der Waals surface area contributed by atoms with Crippen molar-refractivity contribution in [2.75, 3.05) is 13.1 Å². The fourth-order valence-electron chi connectivity index (χ4n) is 1.67. The molecule has 0 saturated carbocycles. The normalized spacial score (nSPS) is 11.3. The Hall–Kier alpha value is -1.24. The number of nitrogens with zero attached hydrogens (tertiary/aromatic N) is 1. The first-order chi connectivity index (χ1) is 9.29. The van der Waals surface area contributed by atoms with Gasteiger partial charge in [0, 0.05) is 24.1 Å². The molecule has 0 radical (unpaired) electrons. The molecule has 0 unspecified atom stereocenters. The van der Waals surface area contributed by atoms with E-state index in [-0.39, 0.29) is 12.6 Å². The number of amides is 2. The standard InChI is InChI=1S/C13H16BrF3N2O/c1-3-18-12(20)19(4-2)8-9-7-10(13(15,16)17)5-6-11(9)14/h5-7H,3-4,8H2,1-2H3,(H,18,20). The maximum absolute atomic E-state index is 12.7. The van der Waals surface area contributed by atoms with Gasteiger partial charge in [0.15, 0.2) is 0 Å². The molecule has 7 heteroatoms. The highest BCUT2D eigenvalue weighted by atomic mass is 79.9. The number of alkyl halides is 3. The van der Waals surface area contributed by atoms with Crippen molar-refractivity contribution < 1.29 is 18.0 Å². The van der Waals surface area contributed by atoms with E-state index < -0.39 is 11.7 Å². The van der Waals surface area contributed by atoms with Gasteiger partial charge in [0.1, 0.15) is 0 Å². The van der Waals surface area contributed by atoms with Gasteiger partial charge in [-0.3, -0.25) is 0 Å². The molecule has 1 rings (SSSR count). The lowest BCUT2D eigenvalue weighted by molar-refractivity contribution is -0.137. The lowest BCUT2D eigenvalue weighted by Gasteiger charge is -2.22. The summed E-state index contributed by atoms with van der Waals surface area (Å²) in [7, 11) is 0. The molecular formula is C13H16BrF3N2O. The van der Waals surface area contributed by atoms with Gasteiger partial charge in [-0.15, -0.1) is 0 Å². The average molecular weight is 353 g/mol. The van der Waals surface area contributed by atoms with E-state index in [0.29, 0.717) is 23.1 Å². The molecule has 2 amide bonds. The lowest BCUT2D eigenvalue weighted by atomic mass is 10.1. The molecule has 1 aromatic rings. The molecule has 0 atom stereocenters. The number of hydrogen-bond acceptors (Lipinski definition) is 1. The Bertz CT molecular complexity index is 477. The van der Waals surface area contributed by atoms with Crippen LogP contribution in [0.3, 0.4) is 0 Å². The van der Waals surface area contributed by atoms with E-state index in [1.165, 1.54) is 11.0 Å². The second-order valence-electron chi connectivity index (χ2n) is 4.15. The smallest absolute Gasteiger partial charge is 0.338 e. The molecule has 1 N–H and O–H groups in total. The Morgan fingerprint density at radius 1 is 1.35 bits per heavy atom. The van der Waals surface area contributed by atoms with Gasteiger partial charge in [0.2, 0.25) is 0 Å². The third-order valence-corrected chi connectivity index (χ3v) is 3.50. The number of carbonyl (C=O) groups is 1. The summed E-state index contributed by atoms with van der Waals surface area (Å²) in [6, 6.07) is 3.13. The summed E-state index contributed by atoms with van der Waals surface area (Å²) in [6.45, 7) is 4.56. The minimum Gasteiger partial charge on any atom is -0.338 e. The topological polar surface area (TPSA) is 32.3 Å². The monoisotopic (exact) mass is 352 g/mol. The van der Waals surface area contributed by atoms with Crippen molar-refractivity contribution in [1.82, 2.24) is 10.2 Å². The first-order valence-corrected chi connectivity index (χ1v) is 6.97. The number of nitrogens with one attached hydrogen (secondary N) is 1. The van der Waals surface area contributed by atoms with Crippen molar-refractivity contribution in [3.05, 3.63) is 33.8 Å². The van der Waals surface area contributed by atoms with Crippen molar-refractivity contribution in [3.8, 4) is 0 Å². The van der Waals surface area contributed by atoms with Crippen molar-refractivity contribution in [2.45, 2.75) is 26.6 Å². The summed E-state index contributed by atoms with van der Waals surface area (Å²) in [5.41, 5.74) is -0.296. The highest BCUT2D eigenvalue weighted by molar-refractivity contribution is 9.10. The Morgan fingerprint density at radius 3 is 2.50 bits per heavy atom. The fourth-order valence-corrected chi connectivity index (χ4v) is 2.04. The van der Waals surface area contributed by atoms with Crippen molar-refractivity contribution in [3.63, 3.8) is 0 Å². The van der Waals surface area contributed by atoms with Gasteiger partial charge in [0.05, 0.1) is 5.56 Å². The van der Waals surface area contributed by atoms with Crippen molar-refractivity contribution >= 4 is 22.0 Å². The summed E-state index contributed by atoms with van der Waals surface area (Å²) in [5, 5.41) is 2.63. The molecule has 0 heterocycles. The molecule has 0 spiro atoms. The Kier molecular flexibility index (Phi) is 5.86. The predicted molar refractivity (Wildman–Crippen MR) is 74.3 cm³/mol. The highest BCUT2D eigenvalue weighted by Gasteiger charge is 2.31. The molecule has 0 aromatic heterocycles. The maximum atomic E-state index is 12.7. The molecule has 0 aliphatic rings. The van der Waals surface area contributed by atoms with Crippen LogP contribution in [0.2, 0.25) is 0 Å². The first-order valence-electron chi connectivity index (χ1n) is 6.18. The molecule has 112 valence electrons. The molecule has 0 aliphatic heterocycles. The largest absolute Gasteiger partial charge is 0.416 e. The van der Waals surface area contributed by atoms with Crippen LogP contribution in [0.5, 0.6) is 0 Å². The minimum absolute atomic E-state index is 0.118. The number of rotatable bonds is 4. The van der Waals surface area contributed by atoms with E-state index in [4.69, 9.17) is 0 Å². The molecule has 1 aromatic carbocycles. The second kappa shape index (κ2) is 6.97. The first kappa shape index (κ1) is 16.8. The van der Waals surface area contributed by atoms with Crippen LogP contribution in [0, 0.1) is 0 Å². The molecule has 0 fully saturated rings. The third-order valence-electron chi connectivity index (χ3n) is 2.73. The van der Waals surface area contributed by atoms with E-state index in [1.807, 2.05) is 0 Å². The molecular weight excluding hydrogens is 337 g/mol. The summed E-state index contributed by atoms with van der Waals surface area (Å²) >= 11 is 3.22. The van der Waals surface area contributed by atoms with E-state index >= 15 is 0 Å². The zero-order valence-electron chi connectivity index (χ0n) is 11.2. The Labute approximate surface area is 124 Å². The van der Waals surface area contributed by atoms with Gasteiger partial charge in [-0.25, -0.2) is 4.79 Å². The van der Waals surface area contributed by atoms with Gasteiger partial charge in [-0.2, -0.15) is 13.2 Å². The highest BCUT2D eigenvalue weighted by Crippen LogP contribution is 2.32. The van der Waals surface area contributed by atoms with Gasteiger partial charge in [0.25, 0.3) is 0 Å². The Balaban J connectivity index is 2.98. The maximum Gasteiger partial charge on any atom is 0.416 e. The van der Waals surface area contributed by atoms with E-state index in [9.17, 15) is 18.0 Å². The quantitative estimate of drug-likeness (QED) is 0.871. The van der Waals surface area contributed by atoms with E-state index in [1.54, 1.807) is 13.8 Å². The number of hydrogen-bond donors (Lipinski definition) is 1. The summed E-state index contributed by atoms with van der Waals surface area (Å²) in [4.78, 5) is 13.2. The van der Waals surface area contributed by atoms with Gasteiger partial charge < -0.3 is 10.2 Å². The predicted octanol–water partition coefficient (Wildman–Crippen LogP) is 4.02. The van der Waals surface area contributed by atoms with Gasteiger partial charge in [-0.1, -0.05) is 15.9 Å². The summed E-state index contributed by atoms with van der Waals surface area (Å²) < 4.78 is 38.6. The summed E-state index contributed by atoms with van der Waals surface area (Å²) in [6.07, 6.45) is -4.39. The van der Waals surface area contributed by atoms with Crippen molar-refractivity contribution in [2.24, 2.45) is 0 Å². The van der Waals surface area contributed by atoms with E-state index in [2.05, 4.69) is 21.2 Å². The number of urea groups is 1. The van der Waals surface area contributed by atoms with Crippen LogP contribution >= 0.6 is 15.9 Å². The molecule has 3 nitrogen and oxygen atoms in total. The van der Waals surface area contributed by atoms with Crippen LogP contribution in [-0.2, 0) is 12.7 Å². The minimum atomic E-state index is -4.39. The van der Waals surface area contributed by atoms with Crippen LogP contribution in [0.1, 0.15) is 25.0 Å². The zero-order valence-corrected chi connectivity index (χ0v) is 12.8.